The Bertz CT molecular complexity index is 532. The second-order valence-corrected chi connectivity index (χ2v) is 8.50. The lowest BCUT2D eigenvalue weighted by atomic mass is 10.0. The van der Waals surface area contributed by atoms with Gasteiger partial charge in [0.25, 0.3) is 10.0 Å². The fourth-order valence-corrected chi connectivity index (χ4v) is 4.73. The van der Waals surface area contributed by atoms with Gasteiger partial charge in [-0.2, -0.15) is 0 Å². The highest BCUT2D eigenvalue weighted by atomic mass is 35.5. The van der Waals surface area contributed by atoms with Crippen molar-refractivity contribution < 1.29 is 8.42 Å². The van der Waals surface area contributed by atoms with Crippen LogP contribution in [-0.4, -0.2) is 19.9 Å². The predicted molar refractivity (Wildman–Crippen MR) is 66.7 cm³/mol. The third-order valence-corrected chi connectivity index (χ3v) is 6.65. The van der Waals surface area contributed by atoms with Crippen molar-refractivity contribution in [2.75, 3.05) is 6.54 Å². The molecule has 0 bridgehead atoms. The molecule has 1 N–H and O–H groups in total. The summed E-state index contributed by atoms with van der Waals surface area (Å²) in [4.78, 5) is 3.76. The third-order valence-electron chi connectivity index (χ3n) is 3.67. The number of thiazole rings is 1. The van der Waals surface area contributed by atoms with E-state index in [1.165, 1.54) is 19.0 Å². The number of nitrogens with zero attached hydrogens (tertiary/aromatic N) is 1. The molecule has 94 valence electrons. The molecule has 0 aliphatic heterocycles. The molecule has 7 heteroatoms. The summed E-state index contributed by atoms with van der Waals surface area (Å²) in [6.45, 7) is 0.565. The van der Waals surface area contributed by atoms with Crippen molar-refractivity contribution in [3.8, 4) is 0 Å². The van der Waals surface area contributed by atoms with E-state index in [0.717, 1.165) is 30.1 Å². The fourth-order valence-electron chi connectivity index (χ4n) is 2.26. The van der Waals surface area contributed by atoms with Gasteiger partial charge in [0, 0.05) is 6.54 Å². The SMILES string of the molecule is O=S(=O)(NCC1(C2CC2)CC1)c1cnc(Cl)s1. The van der Waals surface area contributed by atoms with Crippen molar-refractivity contribution in [2.45, 2.75) is 29.9 Å². The summed E-state index contributed by atoms with van der Waals surface area (Å²) in [7, 11) is -3.42. The van der Waals surface area contributed by atoms with Crippen LogP contribution in [0, 0.1) is 11.3 Å². The lowest BCUT2D eigenvalue weighted by molar-refractivity contribution is 0.432. The lowest BCUT2D eigenvalue weighted by Gasteiger charge is -2.14. The highest BCUT2D eigenvalue weighted by molar-refractivity contribution is 7.91. The normalized spacial score (nSPS) is 22.6. The maximum atomic E-state index is 12.0. The zero-order valence-corrected chi connectivity index (χ0v) is 11.5. The number of nitrogens with one attached hydrogen (secondary N) is 1. The van der Waals surface area contributed by atoms with Crippen LogP contribution >= 0.6 is 22.9 Å². The van der Waals surface area contributed by atoms with Crippen LogP contribution in [0.5, 0.6) is 0 Å². The van der Waals surface area contributed by atoms with Crippen LogP contribution in [0.3, 0.4) is 0 Å². The van der Waals surface area contributed by atoms with Crippen molar-refractivity contribution in [2.24, 2.45) is 11.3 Å². The van der Waals surface area contributed by atoms with Crippen LogP contribution in [0.15, 0.2) is 10.4 Å². The zero-order valence-electron chi connectivity index (χ0n) is 9.15. The summed E-state index contributed by atoms with van der Waals surface area (Å²) in [5.74, 6) is 0.746. The van der Waals surface area contributed by atoms with E-state index in [9.17, 15) is 8.42 Å². The molecule has 0 amide bonds. The molecule has 3 rings (SSSR count). The van der Waals surface area contributed by atoms with Crippen LogP contribution in [0.4, 0.5) is 0 Å². The average molecular weight is 293 g/mol. The Kier molecular flexibility index (Phi) is 2.74. The van der Waals surface area contributed by atoms with E-state index in [1.807, 2.05) is 0 Å². The van der Waals surface area contributed by atoms with Gasteiger partial charge in [0.15, 0.2) is 8.68 Å². The van der Waals surface area contributed by atoms with Gasteiger partial charge in [0.2, 0.25) is 0 Å². The number of rotatable bonds is 5. The smallest absolute Gasteiger partial charge is 0.232 e. The molecule has 1 heterocycles. The van der Waals surface area contributed by atoms with Crippen LogP contribution in [-0.2, 0) is 10.0 Å². The van der Waals surface area contributed by atoms with Crippen molar-refractivity contribution in [1.29, 1.82) is 0 Å². The molecule has 1 aromatic rings. The first-order valence-electron chi connectivity index (χ1n) is 5.63. The summed E-state index contributed by atoms with van der Waals surface area (Å²) >= 11 is 6.64. The highest BCUT2D eigenvalue weighted by Gasteiger charge is 2.53. The van der Waals surface area contributed by atoms with E-state index in [1.54, 1.807) is 0 Å². The van der Waals surface area contributed by atoms with Gasteiger partial charge in [-0.05, 0) is 37.0 Å². The van der Waals surface area contributed by atoms with Crippen LogP contribution in [0.25, 0.3) is 0 Å². The Morgan fingerprint density at radius 1 is 1.53 bits per heavy atom. The molecule has 1 aromatic heterocycles. The Balaban J connectivity index is 1.68. The quantitative estimate of drug-likeness (QED) is 0.905. The van der Waals surface area contributed by atoms with E-state index in [0.29, 0.717) is 6.54 Å². The lowest BCUT2D eigenvalue weighted by Crippen LogP contribution is -2.30. The minimum atomic E-state index is -3.42. The second-order valence-electron chi connectivity index (χ2n) is 4.89. The van der Waals surface area contributed by atoms with Gasteiger partial charge < -0.3 is 0 Å². The molecule has 2 aliphatic rings. The first kappa shape index (κ1) is 11.9. The van der Waals surface area contributed by atoms with Crippen LogP contribution in [0.1, 0.15) is 25.7 Å². The highest BCUT2D eigenvalue weighted by Crippen LogP contribution is 2.60. The number of hydrogen-bond acceptors (Lipinski definition) is 4. The minimum Gasteiger partial charge on any atom is -0.232 e. The third kappa shape index (κ3) is 2.36. The molecule has 0 atom stereocenters. The first-order valence-corrected chi connectivity index (χ1v) is 8.31. The summed E-state index contributed by atoms with van der Waals surface area (Å²) in [5.41, 5.74) is 0.265. The molecule has 0 saturated heterocycles. The van der Waals surface area contributed by atoms with Gasteiger partial charge in [-0.1, -0.05) is 22.9 Å². The monoisotopic (exact) mass is 292 g/mol. The summed E-state index contributed by atoms with van der Waals surface area (Å²) in [5, 5.41) is 0. The Labute approximate surface area is 109 Å². The number of sulfonamides is 1. The molecule has 0 aromatic carbocycles. The number of aromatic nitrogens is 1. The summed E-state index contributed by atoms with van der Waals surface area (Å²) in [6, 6.07) is 0. The molecular formula is C10H13ClN2O2S2. The van der Waals surface area contributed by atoms with E-state index in [-0.39, 0.29) is 14.1 Å². The molecular weight excluding hydrogens is 280 g/mol. The van der Waals surface area contributed by atoms with E-state index in [4.69, 9.17) is 11.6 Å². The molecule has 4 nitrogen and oxygen atoms in total. The fraction of sp³-hybridized carbons (Fsp3) is 0.700. The molecule has 2 saturated carbocycles. The maximum Gasteiger partial charge on any atom is 0.251 e. The molecule has 2 aliphatic carbocycles. The molecule has 0 unspecified atom stereocenters. The second kappa shape index (κ2) is 3.91. The Hall–Kier alpha value is -0.170. The van der Waals surface area contributed by atoms with Gasteiger partial charge in [-0.25, -0.2) is 18.1 Å². The van der Waals surface area contributed by atoms with Crippen molar-refractivity contribution in [3.05, 3.63) is 10.7 Å². The summed E-state index contributed by atoms with van der Waals surface area (Å²) < 4.78 is 27.1. The molecule has 17 heavy (non-hydrogen) atoms. The number of halogens is 1. The Morgan fingerprint density at radius 2 is 2.24 bits per heavy atom. The standard InChI is InChI=1S/C10H13ClN2O2S2/c11-9-12-5-8(16-9)17(14,15)13-6-10(3-4-10)7-1-2-7/h5,7,13H,1-4,6H2. The van der Waals surface area contributed by atoms with Gasteiger partial charge in [0.1, 0.15) is 0 Å². The molecule has 0 spiro atoms. The van der Waals surface area contributed by atoms with Crippen LogP contribution < -0.4 is 4.72 Å². The van der Waals surface area contributed by atoms with E-state index < -0.39 is 10.0 Å². The van der Waals surface area contributed by atoms with E-state index >= 15 is 0 Å². The Morgan fingerprint density at radius 3 is 2.71 bits per heavy atom. The maximum absolute atomic E-state index is 12.0. The first-order chi connectivity index (χ1) is 8.02. The van der Waals surface area contributed by atoms with Gasteiger partial charge >= 0.3 is 0 Å². The minimum absolute atomic E-state index is 0.203. The van der Waals surface area contributed by atoms with Crippen molar-refractivity contribution in [1.82, 2.24) is 9.71 Å². The van der Waals surface area contributed by atoms with Crippen LogP contribution in [0.2, 0.25) is 4.47 Å². The van der Waals surface area contributed by atoms with Gasteiger partial charge in [0.05, 0.1) is 6.20 Å². The topological polar surface area (TPSA) is 59.1 Å². The van der Waals surface area contributed by atoms with Crippen molar-refractivity contribution in [3.63, 3.8) is 0 Å². The number of hydrogen-bond donors (Lipinski definition) is 1. The largest absolute Gasteiger partial charge is 0.251 e. The average Bonchev–Trinajstić information content (AvgIpc) is 3.15. The van der Waals surface area contributed by atoms with E-state index in [2.05, 4.69) is 9.71 Å². The summed E-state index contributed by atoms with van der Waals surface area (Å²) in [6.07, 6.45) is 6.14. The zero-order chi connectivity index (χ0) is 12.1. The van der Waals surface area contributed by atoms with Crippen molar-refractivity contribution >= 4 is 33.0 Å². The molecule has 2 fully saturated rings. The van der Waals surface area contributed by atoms with Gasteiger partial charge in [-0.15, -0.1) is 0 Å². The predicted octanol–water partition coefficient (Wildman–Crippen LogP) is 2.26. The molecule has 0 radical (unpaired) electrons. The van der Waals surface area contributed by atoms with Gasteiger partial charge in [-0.3, -0.25) is 0 Å².